The van der Waals surface area contributed by atoms with Crippen molar-refractivity contribution in [3.63, 3.8) is 0 Å². The highest BCUT2D eigenvalue weighted by atomic mass is 28.4. The SMILES string of the molecule is CCO[Si](CCCN[Si](CC(C)C)(CC(C)C)CC(C)C)(OCC)OCC. The van der Waals surface area contributed by atoms with E-state index in [9.17, 15) is 0 Å². The lowest BCUT2D eigenvalue weighted by molar-refractivity contribution is 0.0709. The van der Waals surface area contributed by atoms with Crippen LogP contribution in [0.2, 0.25) is 24.2 Å². The summed E-state index contributed by atoms with van der Waals surface area (Å²) in [5.41, 5.74) is 0. The molecule has 4 nitrogen and oxygen atoms in total. The van der Waals surface area contributed by atoms with Crippen LogP contribution in [0.3, 0.4) is 0 Å². The highest BCUT2D eigenvalue weighted by Crippen LogP contribution is 2.30. The summed E-state index contributed by atoms with van der Waals surface area (Å²) in [4.78, 5) is 4.12. The second-order valence-corrected chi connectivity index (χ2v) is 16.0. The highest BCUT2D eigenvalue weighted by Gasteiger charge is 2.40. The summed E-state index contributed by atoms with van der Waals surface area (Å²) in [6, 6.07) is 5.02. The third-order valence-electron chi connectivity index (χ3n) is 4.65. The van der Waals surface area contributed by atoms with Crippen LogP contribution in [-0.2, 0) is 13.3 Å². The second kappa shape index (κ2) is 14.3. The highest BCUT2D eigenvalue weighted by molar-refractivity contribution is 6.77. The van der Waals surface area contributed by atoms with Gasteiger partial charge in [0.1, 0.15) is 8.24 Å². The zero-order chi connectivity index (χ0) is 20.9. The summed E-state index contributed by atoms with van der Waals surface area (Å²) in [6.45, 7) is 23.4. The molecule has 0 saturated carbocycles. The maximum atomic E-state index is 6.01. The fourth-order valence-corrected chi connectivity index (χ4v) is 13.4. The average molecular weight is 420 g/mol. The van der Waals surface area contributed by atoms with Crippen LogP contribution in [-0.4, -0.2) is 43.4 Å². The van der Waals surface area contributed by atoms with Crippen molar-refractivity contribution in [2.75, 3.05) is 26.4 Å². The van der Waals surface area contributed by atoms with Crippen molar-refractivity contribution >= 4 is 17.0 Å². The minimum atomic E-state index is -2.51. The van der Waals surface area contributed by atoms with Gasteiger partial charge in [0, 0.05) is 25.9 Å². The fraction of sp³-hybridized carbons (Fsp3) is 1.00. The summed E-state index contributed by atoms with van der Waals surface area (Å²) >= 11 is 0. The van der Waals surface area contributed by atoms with Crippen molar-refractivity contribution in [2.45, 2.75) is 92.9 Å². The van der Waals surface area contributed by atoms with Gasteiger partial charge in [-0.1, -0.05) is 41.5 Å². The molecular weight excluding hydrogens is 370 g/mol. The first-order chi connectivity index (χ1) is 12.6. The van der Waals surface area contributed by atoms with E-state index in [0.717, 1.165) is 36.8 Å². The van der Waals surface area contributed by atoms with E-state index in [0.29, 0.717) is 19.8 Å². The van der Waals surface area contributed by atoms with E-state index in [1.165, 1.54) is 18.1 Å². The van der Waals surface area contributed by atoms with Gasteiger partial charge in [-0.25, -0.2) is 0 Å². The van der Waals surface area contributed by atoms with Crippen LogP contribution in [0.1, 0.15) is 68.7 Å². The Hall–Kier alpha value is 0.274. The molecule has 0 aromatic carbocycles. The van der Waals surface area contributed by atoms with E-state index < -0.39 is 17.0 Å². The molecule has 0 amide bonds. The number of hydrogen-bond acceptors (Lipinski definition) is 4. The lowest BCUT2D eigenvalue weighted by Gasteiger charge is -2.38. The Morgan fingerprint density at radius 1 is 0.667 bits per heavy atom. The van der Waals surface area contributed by atoms with Crippen LogP contribution in [0, 0.1) is 17.8 Å². The van der Waals surface area contributed by atoms with Gasteiger partial charge in [-0.05, 0) is 69.6 Å². The molecule has 0 heterocycles. The van der Waals surface area contributed by atoms with E-state index in [4.69, 9.17) is 13.3 Å². The largest absolute Gasteiger partial charge is 0.500 e. The number of rotatable bonds is 17. The molecular formula is C21H49NO3Si2. The molecule has 164 valence electrons. The molecule has 0 aromatic heterocycles. The van der Waals surface area contributed by atoms with E-state index in [2.05, 4.69) is 46.5 Å². The molecule has 0 saturated heterocycles. The Kier molecular flexibility index (Phi) is 14.4. The summed E-state index contributed by atoms with van der Waals surface area (Å²) in [5.74, 6) is 2.27. The Labute approximate surface area is 172 Å². The van der Waals surface area contributed by atoms with E-state index >= 15 is 0 Å². The second-order valence-electron chi connectivity index (χ2n) is 9.09. The Morgan fingerprint density at radius 3 is 1.33 bits per heavy atom. The Balaban J connectivity index is 5.01. The van der Waals surface area contributed by atoms with Gasteiger partial charge in [-0.3, -0.25) is 0 Å². The monoisotopic (exact) mass is 419 g/mol. The summed E-state index contributed by atoms with van der Waals surface area (Å²) < 4.78 is 18.0. The molecule has 0 unspecified atom stereocenters. The van der Waals surface area contributed by atoms with Gasteiger partial charge in [0.25, 0.3) is 0 Å². The van der Waals surface area contributed by atoms with Gasteiger partial charge in [0.2, 0.25) is 0 Å². The van der Waals surface area contributed by atoms with Gasteiger partial charge in [0.05, 0.1) is 0 Å². The smallest absolute Gasteiger partial charge is 0.374 e. The van der Waals surface area contributed by atoms with Crippen molar-refractivity contribution in [1.29, 1.82) is 0 Å². The third-order valence-corrected chi connectivity index (χ3v) is 13.6. The molecule has 0 radical (unpaired) electrons. The molecule has 27 heavy (non-hydrogen) atoms. The van der Waals surface area contributed by atoms with E-state index in [1.54, 1.807) is 0 Å². The molecule has 0 spiro atoms. The first-order valence-corrected chi connectivity index (χ1v) is 15.9. The lowest BCUT2D eigenvalue weighted by Crippen LogP contribution is -2.54. The maximum absolute atomic E-state index is 6.01. The van der Waals surface area contributed by atoms with E-state index in [-0.39, 0.29) is 0 Å². The van der Waals surface area contributed by atoms with Gasteiger partial charge < -0.3 is 18.3 Å². The van der Waals surface area contributed by atoms with Crippen LogP contribution in [0.15, 0.2) is 0 Å². The average Bonchev–Trinajstić information content (AvgIpc) is 2.50. The number of hydrogen-bond donors (Lipinski definition) is 1. The van der Waals surface area contributed by atoms with Crippen molar-refractivity contribution in [1.82, 2.24) is 4.98 Å². The van der Waals surface area contributed by atoms with Crippen LogP contribution in [0.5, 0.6) is 0 Å². The van der Waals surface area contributed by atoms with Crippen molar-refractivity contribution < 1.29 is 13.3 Å². The van der Waals surface area contributed by atoms with Crippen LogP contribution in [0.25, 0.3) is 0 Å². The lowest BCUT2D eigenvalue weighted by atomic mass is 10.2. The Bertz CT molecular complexity index is 322. The molecule has 0 aliphatic heterocycles. The molecule has 0 aliphatic rings. The predicted molar refractivity (Wildman–Crippen MR) is 123 cm³/mol. The summed E-state index contributed by atoms with van der Waals surface area (Å²) in [6.07, 6.45) is 1.06. The maximum Gasteiger partial charge on any atom is 0.500 e. The van der Waals surface area contributed by atoms with Crippen LogP contribution < -0.4 is 4.98 Å². The Morgan fingerprint density at radius 2 is 1.04 bits per heavy atom. The van der Waals surface area contributed by atoms with Crippen LogP contribution >= 0.6 is 0 Å². The molecule has 0 bridgehead atoms. The quantitative estimate of drug-likeness (QED) is 0.234. The first kappa shape index (κ1) is 27.3. The molecule has 0 rings (SSSR count). The molecule has 6 heteroatoms. The van der Waals surface area contributed by atoms with Gasteiger partial charge in [-0.2, -0.15) is 0 Å². The van der Waals surface area contributed by atoms with Crippen molar-refractivity contribution in [3.8, 4) is 0 Å². The zero-order valence-electron chi connectivity index (χ0n) is 19.8. The van der Waals surface area contributed by atoms with Gasteiger partial charge in [0.15, 0.2) is 0 Å². The predicted octanol–water partition coefficient (Wildman–Crippen LogP) is 5.93. The molecule has 0 aliphatic carbocycles. The normalized spacial score (nSPS) is 13.3. The molecule has 0 fully saturated rings. The summed E-state index contributed by atoms with van der Waals surface area (Å²) in [7, 11) is -4.01. The summed E-state index contributed by atoms with van der Waals surface area (Å²) in [5, 5.41) is 0. The van der Waals surface area contributed by atoms with Crippen LogP contribution in [0.4, 0.5) is 0 Å². The first-order valence-electron chi connectivity index (χ1n) is 11.3. The molecule has 0 aromatic rings. The minimum Gasteiger partial charge on any atom is -0.374 e. The van der Waals surface area contributed by atoms with Crippen molar-refractivity contribution in [3.05, 3.63) is 0 Å². The molecule has 0 atom stereocenters. The standard InChI is InChI=1S/C21H49NO3Si2/c1-10-23-27(24-11-2,25-12-3)15-13-14-22-26(16-19(4)5,17-20(6)7)18-21(8)9/h19-22H,10-18H2,1-9H3. The van der Waals surface area contributed by atoms with Gasteiger partial charge in [-0.15, -0.1) is 0 Å². The third kappa shape index (κ3) is 11.8. The fourth-order valence-electron chi connectivity index (χ4n) is 4.47. The minimum absolute atomic E-state index is 0.659. The number of nitrogens with one attached hydrogen (secondary N) is 1. The molecule has 1 N–H and O–H groups in total. The van der Waals surface area contributed by atoms with Crippen molar-refractivity contribution in [2.24, 2.45) is 17.8 Å². The van der Waals surface area contributed by atoms with E-state index in [1.807, 2.05) is 20.8 Å². The zero-order valence-corrected chi connectivity index (χ0v) is 21.8. The van der Waals surface area contributed by atoms with Gasteiger partial charge >= 0.3 is 8.80 Å². The topological polar surface area (TPSA) is 39.7 Å².